The predicted molar refractivity (Wildman–Crippen MR) is 142 cm³/mol. The fourth-order valence-electron chi connectivity index (χ4n) is 7.09. The number of fused-ring (bicyclic) bond motifs is 4. The van der Waals surface area contributed by atoms with Crippen LogP contribution in [0, 0.1) is 16.2 Å². The summed E-state index contributed by atoms with van der Waals surface area (Å²) < 4.78 is 17.2. The highest BCUT2D eigenvalue weighted by molar-refractivity contribution is 6.14. The Balaban J connectivity index is 2.06. The Bertz CT molecular complexity index is 1250. The summed E-state index contributed by atoms with van der Waals surface area (Å²) in [5.74, 6) is -2.57. The molecule has 0 aromatic heterocycles. The lowest BCUT2D eigenvalue weighted by Crippen LogP contribution is -2.59. The van der Waals surface area contributed by atoms with Crippen molar-refractivity contribution in [2.45, 2.75) is 59.2 Å². The van der Waals surface area contributed by atoms with E-state index in [2.05, 4.69) is 13.2 Å². The van der Waals surface area contributed by atoms with Crippen LogP contribution in [-0.4, -0.2) is 72.5 Å². The van der Waals surface area contributed by atoms with E-state index in [-0.39, 0.29) is 42.0 Å². The van der Waals surface area contributed by atoms with Crippen LogP contribution < -0.4 is 0 Å². The van der Waals surface area contributed by atoms with Crippen LogP contribution in [0.3, 0.4) is 0 Å². The van der Waals surface area contributed by atoms with E-state index in [0.717, 1.165) is 0 Å². The number of cyclic esters (lactones) is 1. The molecule has 9 heteroatoms. The van der Waals surface area contributed by atoms with Crippen molar-refractivity contribution in [2.75, 3.05) is 26.8 Å². The first-order chi connectivity index (χ1) is 18.3. The van der Waals surface area contributed by atoms with Crippen molar-refractivity contribution < 1.29 is 38.5 Å². The number of Topliss-reactive ketones (excluding diaryl/α,β-unsaturated/α-hetero) is 2. The molecule has 1 heterocycles. The molecule has 4 aliphatic rings. The molecule has 1 saturated carbocycles. The summed E-state index contributed by atoms with van der Waals surface area (Å²) in [5, 5.41) is 11.6. The number of aliphatic hydroxyl groups excluding tert-OH is 1. The summed E-state index contributed by atoms with van der Waals surface area (Å²) in [6.45, 7) is 14.9. The summed E-state index contributed by atoms with van der Waals surface area (Å²) >= 11 is 0. The molecule has 0 spiro atoms. The second kappa shape index (κ2) is 9.93. The minimum atomic E-state index is -1.30. The van der Waals surface area contributed by atoms with Crippen LogP contribution in [0.5, 0.6) is 0 Å². The number of ketones is 2. The van der Waals surface area contributed by atoms with Crippen LogP contribution in [0.4, 0.5) is 0 Å². The van der Waals surface area contributed by atoms with E-state index in [1.165, 1.54) is 20.2 Å². The number of allylic oxidation sites excluding steroid dienone is 1. The average Bonchev–Trinajstić information content (AvgIpc) is 3.09. The van der Waals surface area contributed by atoms with Crippen molar-refractivity contribution in [1.29, 1.82) is 0 Å². The third-order valence-electron chi connectivity index (χ3n) is 9.23. The SMILES string of the molecule is C=CCN(/C=C1/C(=O)O[C@H](COC)[C@@]2(C)C1=C(O)C(=O)C1=C2[C@H](OC(C)=O)C[C@]2(C)C(=O)CC[C@@]12C)CC=C. The molecule has 0 bridgehead atoms. The third kappa shape index (κ3) is 4.01. The average molecular weight is 540 g/mol. The zero-order valence-electron chi connectivity index (χ0n) is 23.3. The number of hydrogen-bond donors (Lipinski definition) is 1. The van der Waals surface area contributed by atoms with Crippen molar-refractivity contribution in [3.63, 3.8) is 0 Å². The number of aliphatic hydroxyl groups is 1. The van der Waals surface area contributed by atoms with Gasteiger partial charge in [0.25, 0.3) is 0 Å². The number of hydrogen-bond acceptors (Lipinski definition) is 9. The van der Waals surface area contributed by atoms with Gasteiger partial charge in [0.1, 0.15) is 18.0 Å². The maximum absolute atomic E-state index is 14.2. The first-order valence-electron chi connectivity index (χ1n) is 13.1. The molecule has 0 aromatic carbocycles. The fourth-order valence-corrected chi connectivity index (χ4v) is 7.09. The maximum atomic E-state index is 14.2. The van der Waals surface area contributed by atoms with Gasteiger partial charge in [0.15, 0.2) is 5.76 Å². The molecule has 0 aromatic rings. The number of rotatable bonds is 8. The predicted octanol–water partition coefficient (Wildman–Crippen LogP) is 3.52. The lowest BCUT2D eigenvalue weighted by atomic mass is 9.48. The van der Waals surface area contributed by atoms with Gasteiger partial charge < -0.3 is 24.2 Å². The Morgan fingerprint density at radius 1 is 1.13 bits per heavy atom. The topological polar surface area (TPSA) is 119 Å². The smallest absolute Gasteiger partial charge is 0.340 e. The van der Waals surface area contributed by atoms with Crippen LogP contribution >= 0.6 is 0 Å². The van der Waals surface area contributed by atoms with Crippen molar-refractivity contribution in [1.82, 2.24) is 4.90 Å². The Morgan fingerprint density at radius 2 is 1.77 bits per heavy atom. The van der Waals surface area contributed by atoms with Crippen molar-refractivity contribution in [3.05, 3.63) is 59.6 Å². The van der Waals surface area contributed by atoms with Crippen LogP contribution in [0.25, 0.3) is 0 Å². The summed E-state index contributed by atoms with van der Waals surface area (Å²) in [6, 6.07) is 0. The first-order valence-corrected chi connectivity index (χ1v) is 13.1. The third-order valence-corrected chi connectivity index (χ3v) is 9.23. The van der Waals surface area contributed by atoms with Gasteiger partial charge in [-0.2, -0.15) is 0 Å². The molecule has 1 saturated heterocycles. The summed E-state index contributed by atoms with van der Waals surface area (Å²) in [7, 11) is 1.46. The van der Waals surface area contributed by atoms with Gasteiger partial charge in [0, 0.05) is 68.1 Å². The van der Waals surface area contributed by atoms with E-state index in [1.54, 1.807) is 30.9 Å². The molecular weight excluding hydrogens is 502 g/mol. The molecule has 2 fully saturated rings. The number of nitrogens with zero attached hydrogens (tertiary/aromatic N) is 1. The molecule has 4 rings (SSSR count). The normalized spacial score (nSPS) is 34.8. The quantitative estimate of drug-likeness (QED) is 0.281. The lowest BCUT2D eigenvalue weighted by Gasteiger charge is -2.56. The maximum Gasteiger partial charge on any atom is 0.340 e. The van der Waals surface area contributed by atoms with Crippen LogP contribution in [-0.2, 0) is 33.4 Å². The zero-order valence-corrected chi connectivity index (χ0v) is 23.3. The van der Waals surface area contributed by atoms with E-state index in [0.29, 0.717) is 25.1 Å². The van der Waals surface area contributed by atoms with Gasteiger partial charge >= 0.3 is 11.9 Å². The molecule has 1 aliphatic heterocycles. The lowest BCUT2D eigenvalue weighted by molar-refractivity contribution is -0.161. The second-order valence-electron chi connectivity index (χ2n) is 11.4. The Morgan fingerprint density at radius 3 is 2.33 bits per heavy atom. The van der Waals surface area contributed by atoms with Gasteiger partial charge in [0.05, 0.1) is 17.6 Å². The summed E-state index contributed by atoms with van der Waals surface area (Å²) in [5.41, 5.74) is -2.40. The van der Waals surface area contributed by atoms with E-state index >= 15 is 0 Å². The molecule has 3 aliphatic carbocycles. The Kier molecular flexibility index (Phi) is 7.27. The van der Waals surface area contributed by atoms with Crippen LogP contribution in [0.2, 0.25) is 0 Å². The fraction of sp³-hybridized carbons (Fsp3) is 0.533. The van der Waals surface area contributed by atoms with E-state index in [9.17, 15) is 24.3 Å². The number of methoxy groups -OCH3 is 1. The second-order valence-corrected chi connectivity index (χ2v) is 11.4. The Labute approximate surface area is 228 Å². The first kappa shape index (κ1) is 28.5. The molecule has 39 heavy (non-hydrogen) atoms. The highest BCUT2D eigenvalue weighted by atomic mass is 16.6. The van der Waals surface area contributed by atoms with E-state index in [1.807, 2.05) is 6.92 Å². The van der Waals surface area contributed by atoms with Gasteiger partial charge in [-0.3, -0.25) is 14.4 Å². The minimum absolute atomic E-state index is 0.00788. The van der Waals surface area contributed by atoms with Crippen molar-refractivity contribution >= 4 is 23.5 Å². The molecule has 0 amide bonds. The molecule has 0 radical (unpaired) electrons. The van der Waals surface area contributed by atoms with E-state index in [4.69, 9.17) is 14.2 Å². The number of carbonyl (C=O) groups is 4. The highest BCUT2D eigenvalue weighted by Crippen LogP contribution is 2.67. The summed E-state index contributed by atoms with van der Waals surface area (Å²) in [4.78, 5) is 54.9. The molecule has 1 N–H and O–H groups in total. The van der Waals surface area contributed by atoms with Crippen LogP contribution in [0.15, 0.2) is 59.6 Å². The van der Waals surface area contributed by atoms with Gasteiger partial charge in [0.2, 0.25) is 5.78 Å². The minimum Gasteiger partial charge on any atom is -0.504 e. The molecule has 9 nitrogen and oxygen atoms in total. The van der Waals surface area contributed by atoms with Gasteiger partial charge in [-0.1, -0.05) is 26.0 Å². The molecular formula is C30H37NO8. The number of esters is 2. The largest absolute Gasteiger partial charge is 0.504 e. The van der Waals surface area contributed by atoms with E-state index < -0.39 is 51.9 Å². The van der Waals surface area contributed by atoms with Gasteiger partial charge in [-0.25, -0.2) is 4.79 Å². The van der Waals surface area contributed by atoms with Crippen LogP contribution in [0.1, 0.15) is 47.0 Å². The van der Waals surface area contributed by atoms with Crippen molar-refractivity contribution in [3.8, 4) is 0 Å². The summed E-state index contributed by atoms with van der Waals surface area (Å²) in [6.07, 6.45) is 3.77. The highest BCUT2D eigenvalue weighted by Gasteiger charge is 2.68. The molecule has 0 unspecified atom stereocenters. The van der Waals surface area contributed by atoms with Gasteiger partial charge in [-0.05, 0) is 18.9 Å². The number of ether oxygens (including phenoxy) is 3. The molecule has 210 valence electrons. The number of carbonyl (C=O) groups excluding carboxylic acids is 4. The zero-order chi connectivity index (χ0) is 28.9. The van der Waals surface area contributed by atoms with Gasteiger partial charge in [-0.15, -0.1) is 13.2 Å². The molecule has 5 atom stereocenters. The monoisotopic (exact) mass is 539 g/mol. The Hall–Kier alpha value is -3.46. The standard InChI is InChI=1S/C30H37NO8/c1-8-12-31(13-9-2)15-18-22-25(34)26(35)24-23(30(22,6)21(16-37-7)39-27(18)36)19(38-17(3)32)14-29(5)20(33)10-11-28(24,29)4/h8-9,15,19,21,34H,1-2,10-14,16H2,3-7H3/b18-15+/t19-,21-,28+,29-,30+/m1/s1. The van der Waals surface area contributed by atoms with Crippen molar-refractivity contribution in [2.24, 2.45) is 16.2 Å².